The van der Waals surface area contributed by atoms with Crippen LogP contribution in [0.2, 0.25) is 5.02 Å². The topological polar surface area (TPSA) is 69.6 Å². The first kappa shape index (κ1) is 20.6. The van der Waals surface area contributed by atoms with E-state index in [4.69, 9.17) is 11.6 Å². The lowest BCUT2D eigenvalue weighted by molar-refractivity contribution is -0.134. The minimum absolute atomic E-state index is 0.0551. The Kier molecular flexibility index (Phi) is 7.23. The third-order valence-corrected chi connectivity index (χ3v) is 6.31. The number of rotatable bonds is 6. The number of piperidine rings is 1. The van der Waals surface area contributed by atoms with Crippen molar-refractivity contribution in [1.29, 1.82) is 0 Å². The van der Waals surface area contributed by atoms with Gasteiger partial charge in [0, 0.05) is 36.1 Å². The molecule has 28 heavy (non-hydrogen) atoms. The van der Waals surface area contributed by atoms with Gasteiger partial charge in [-0.3, -0.25) is 9.59 Å². The summed E-state index contributed by atoms with van der Waals surface area (Å²) in [7, 11) is 0. The molecule has 2 aromatic rings. The molecule has 2 aromatic carbocycles. The monoisotopic (exact) mass is 418 g/mol. The summed E-state index contributed by atoms with van der Waals surface area (Å²) >= 11 is 7.71. The molecule has 0 aromatic heterocycles. The van der Waals surface area contributed by atoms with Crippen molar-refractivity contribution in [2.24, 2.45) is 5.92 Å². The quantitative estimate of drug-likeness (QED) is 0.538. The third-order valence-electron chi connectivity index (χ3n) is 4.79. The van der Waals surface area contributed by atoms with E-state index in [2.05, 4.69) is 5.32 Å². The molecule has 0 aliphatic carbocycles. The number of anilines is 1. The second kappa shape index (κ2) is 9.85. The van der Waals surface area contributed by atoms with Gasteiger partial charge in [-0.1, -0.05) is 35.9 Å². The van der Waals surface area contributed by atoms with Gasteiger partial charge in [0.05, 0.1) is 10.7 Å². The molecule has 5 nitrogen and oxygen atoms in total. The molecule has 148 valence electrons. The number of thioether (sulfide) groups is 1. The molecule has 0 unspecified atom stereocenters. The molecule has 7 heteroatoms. The predicted octanol–water partition coefficient (Wildman–Crippen LogP) is 4.41. The van der Waals surface area contributed by atoms with E-state index < -0.39 is 0 Å². The van der Waals surface area contributed by atoms with Gasteiger partial charge >= 0.3 is 0 Å². The fourth-order valence-corrected chi connectivity index (χ4v) is 4.35. The van der Waals surface area contributed by atoms with Crippen LogP contribution in [0, 0.1) is 5.92 Å². The Morgan fingerprint density at radius 3 is 2.50 bits per heavy atom. The first-order chi connectivity index (χ1) is 13.5. The van der Waals surface area contributed by atoms with Gasteiger partial charge in [-0.25, -0.2) is 0 Å². The number of likely N-dealkylation sites (tertiary alicyclic amines) is 1. The number of hydrogen-bond acceptors (Lipinski definition) is 4. The average Bonchev–Trinajstić information content (AvgIpc) is 2.71. The Morgan fingerprint density at radius 2 is 1.79 bits per heavy atom. The lowest BCUT2D eigenvalue weighted by atomic mass is 9.95. The first-order valence-corrected chi connectivity index (χ1v) is 10.6. The van der Waals surface area contributed by atoms with Gasteiger partial charge in [0.25, 0.3) is 0 Å². The molecular weight excluding hydrogens is 396 g/mol. The number of carbonyl (C=O) groups is 2. The average molecular weight is 419 g/mol. The van der Waals surface area contributed by atoms with Crippen LogP contribution in [0.4, 0.5) is 5.69 Å². The summed E-state index contributed by atoms with van der Waals surface area (Å²) in [6, 6.07) is 14.3. The van der Waals surface area contributed by atoms with Gasteiger partial charge in [-0.2, -0.15) is 0 Å². The molecule has 1 aliphatic heterocycles. The Bertz CT molecular complexity index is 838. The summed E-state index contributed by atoms with van der Waals surface area (Å²) in [6.07, 6.45) is 1.70. The molecule has 3 rings (SSSR count). The van der Waals surface area contributed by atoms with E-state index in [0.717, 1.165) is 4.90 Å². The Labute approximate surface area is 174 Å². The minimum atomic E-state index is -0.152. The van der Waals surface area contributed by atoms with Crippen LogP contribution in [0.5, 0.6) is 5.75 Å². The Balaban J connectivity index is 1.42. The minimum Gasteiger partial charge on any atom is -0.506 e. The van der Waals surface area contributed by atoms with Crippen molar-refractivity contribution in [1.82, 2.24) is 4.90 Å². The lowest BCUT2D eigenvalue weighted by Crippen LogP contribution is -2.41. The van der Waals surface area contributed by atoms with Crippen LogP contribution in [0.25, 0.3) is 0 Å². The molecular formula is C21H23ClN2O3S. The van der Waals surface area contributed by atoms with Crippen LogP contribution in [0.1, 0.15) is 19.3 Å². The van der Waals surface area contributed by atoms with Crippen molar-refractivity contribution in [3.63, 3.8) is 0 Å². The zero-order valence-corrected chi connectivity index (χ0v) is 17.0. The van der Waals surface area contributed by atoms with Gasteiger partial charge in [-0.15, -0.1) is 11.8 Å². The van der Waals surface area contributed by atoms with E-state index in [9.17, 15) is 14.7 Å². The number of carbonyl (C=O) groups excluding carboxylic acids is 2. The number of benzene rings is 2. The predicted molar refractivity (Wildman–Crippen MR) is 113 cm³/mol. The van der Waals surface area contributed by atoms with Crippen LogP contribution < -0.4 is 5.32 Å². The third kappa shape index (κ3) is 5.42. The van der Waals surface area contributed by atoms with Gasteiger partial charge in [-0.05, 0) is 37.1 Å². The molecule has 0 saturated carbocycles. The second-order valence-corrected chi connectivity index (χ2v) is 8.23. The van der Waals surface area contributed by atoms with Gasteiger partial charge in [0.1, 0.15) is 5.75 Å². The molecule has 2 amide bonds. The fourth-order valence-electron chi connectivity index (χ4n) is 3.17. The Morgan fingerprint density at radius 1 is 1.11 bits per heavy atom. The zero-order chi connectivity index (χ0) is 19.9. The van der Waals surface area contributed by atoms with Crippen molar-refractivity contribution in [2.45, 2.75) is 24.2 Å². The molecule has 0 bridgehead atoms. The summed E-state index contributed by atoms with van der Waals surface area (Å²) in [5.74, 6) is 0.582. The number of aromatic hydroxyl groups is 1. The maximum Gasteiger partial charge on any atom is 0.227 e. The summed E-state index contributed by atoms with van der Waals surface area (Å²) in [5, 5.41) is 13.3. The summed E-state index contributed by atoms with van der Waals surface area (Å²) < 4.78 is 0. The highest BCUT2D eigenvalue weighted by Crippen LogP contribution is 2.28. The molecule has 1 fully saturated rings. The Hall–Kier alpha value is -2.18. The SMILES string of the molecule is O=C(Nc1ccccc1O)C1CCN(C(=O)CCSc2ccccc2Cl)CC1. The zero-order valence-electron chi connectivity index (χ0n) is 15.4. The molecule has 0 atom stereocenters. The number of halogens is 1. The number of para-hydroxylation sites is 2. The van der Waals surface area contributed by atoms with E-state index in [1.54, 1.807) is 30.0 Å². The van der Waals surface area contributed by atoms with E-state index >= 15 is 0 Å². The molecule has 1 heterocycles. The summed E-state index contributed by atoms with van der Waals surface area (Å²) in [4.78, 5) is 27.7. The summed E-state index contributed by atoms with van der Waals surface area (Å²) in [5.41, 5.74) is 0.419. The number of hydrogen-bond donors (Lipinski definition) is 2. The molecule has 1 aliphatic rings. The van der Waals surface area contributed by atoms with E-state index in [-0.39, 0.29) is 23.5 Å². The van der Waals surface area contributed by atoms with Gasteiger partial charge < -0.3 is 15.3 Å². The second-order valence-electron chi connectivity index (χ2n) is 6.69. The molecule has 0 radical (unpaired) electrons. The van der Waals surface area contributed by atoms with Crippen LogP contribution in [-0.2, 0) is 9.59 Å². The van der Waals surface area contributed by atoms with Crippen LogP contribution >= 0.6 is 23.4 Å². The van der Waals surface area contributed by atoms with Crippen molar-refractivity contribution in [2.75, 3.05) is 24.2 Å². The van der Waals surface area contributed by atoms with E-state index in [1.807, 2.05) is 29.2 Å². The molecule has 2 N–H and O–H groups in total. The number of phenols is 1. The van der Waals surface area contributed by atoms with E-state index in [1.165, 1.54) is 6.07 Å². The largest absolute Gasteiger partial charge is 0.506 e. The van der Waals surface area contributed by atoms with Crippen LogP contribution in [0.3, 0.4) is 0 Å². The first-order valence-electron chi connectivity index (χ1n) is 9.28. The highest BCUT2D eigenvalue weighted by Gasteiger charge is 2.27. The maximum atomic E-state index is 12.4. The van der Waals surface area contributed by atoms with Crippen molar-refractivity contribution in [3.8, 4) is 5.75 Å². The normalized spacial score (nSPS) is 14.7. The molecule has 0 spiro atoms. The van der Waals surface area contributed by atoms with E-state index in [0.29, 0.717) is 48.8 Å². The van der Waals surface area contributed by atoms with Gasteiger partial charge in [0.15, 0.2) is 0 Å². The van der Waals surface area contributed by atoms with Crippen molar-refractivity contribution in [3.05, 3.63) is 53.6 Å². The number of amides is 2. The van der Waals surface area contributed by atoms with Crippen molar-refractivity contribution >= 4 is 40.9 Å². The standard InChI is InChI=1S/C21H23ClN2O3S/c22-16-5-1-4-8-19(16)28-14-11-20(26)24-12-9-15(10-13-24)21(27)23-17-6-2-3-7-18(17)25/h1-8,15,25H,9-14H2,(H,23,27). The number of phenolic OH excluding ortho intramolecular Hbond substituents is 1. The number of nitrogens with zero attached hydrogens (tertiary/aromatic N) is 1. The fraction of sp³-hybridized carbons (Fsp3) is 0.333. The highest BCUT2D eigenvalue weighted by atomic mass is 35.5. The lowest BCUT2D eigenvalue weighted by Gasteiger charge is -2.31. The van der Waals surface area contributed by atoms with Crippen LogP contribution in [0.15, 0.2) is 53.4 Å². The van der Waals surface area contributed by atoms with Crippen LogP contribution in [-0.4, -0.2) is 40.7 Å². The van der Waals surface area contributed by atoms with Crippen molar-refractivity contribution < 1.29 is 14.7 Å². The summed E-state index contributed by atoms with van der Waals surface area (Å²) in [6.45, 7) is 1.16. The highest BCUT2D eigenvalue weighted by molar-refractivity contribution is 7.99. The molecule has 1 saturated heterocycles. The maximum absolute atomic E-state index is 12.4. The smallest absolute Gasteiger partial charge is 0.227 e. The number of nitrogens with one attached hydrogen (secondary N) is 1. The van der Waals surface area contributed by atoms with Gasteiger partial charge in [0.2, 0.25) is 11.8 Å².